The molecule has 0 radical (unpaired) electrons. The van der Waals surface area contributed by atoms with Crippen LogP contribution in [0.1, 0.15) is 0 Å². The van der Waals surface area contributed by atoms with E-state index in [9.17, 15) is 4.48 Å². The molecule has 1 N–H and O–H groups in total. The van der Waals surface area contributed by atoms with Gasteiger partial charge in [0.1, 0.15) is 0 Å². The Kier molecular flexibility index (Phi) is 3.70. The summed E-state index contributed by atoms with van der Waals surface area (Å²) < 4.78 is 13.1. The molecule has 0 aromatic heterocycles. The van der Waals surface area contributed by atoms with Crippen molar-refractivity contribution in [3.63, 3.8) is 0 Å². The van der Waals surface area contributed by atoms with Crippen LogP contribution in [0.5, 0.6) is 0 Å². The van der Waals surface area contributed by atoms with Crippen molar-refractivity contribution in [2.75, 3.05) is 0 Å². The van der Waals surface area contributed by atoms with Gasteiger partial charge in [-0.2, -0.15) is 0 Å². The maximum atomic E-state index is 10.3. The van der Waals surface area contributed by atoms with Gasteiger partial charge >= 0.3 is 33.4 Å². The number of nitrogens with zero attached hydrogens (tertiary/aromatic N) is 1. The van der Waals surface area contributed by atoms with Gasteiger partial charge in [-0.15, -0.1) is 0 Å². The quantitative estimate of drug-likeness (QED) is 0.513. The van der Waals surface area contributed by atoms with Gasteiger partial charge in [-0.25, -0.2) is 0 Å². The van der Waals surface area contributed by atoms with E-state index >= 15 is 0 Å². The van der Waals surface area contributed by atoms with Gasteiger partial charge < -0.3 is 0 Å². The molecule has 0 unspecified atom stereocenters. The summed E-state index contributed by atoms with van der Waals surface area (Å²) in [6.07, 6.45) is 0. The maximum absolute atomic E-state index is 10.3. The molecule has 0 aromatic rings. The average molecular weight is 243 g/mol. The van der Waals surface area contributed by atoms with Crippen molar-refractivity contribution in [1.29, 1.82) is 0 Å². The van der Waals surface area contributed by atoms with E-state index < -0.39 is 0 Å². The first-order chi connectivity index (χ1) is 1.91. The van der Waals surface area contributed by atoms with Crippen LogP contribution in [0.15, 0.2) is 3.60 Å². The molecule has 4 heavy (non-hydrogen) atoms. The third-order valence-electron chi connectivity index (χ3n) is 0.0267. The third kappa shape index (κ3) is 2.38. The predicted molar refractivity (Wildman–Crippen MR) is 6.67 cm³/mol. The van der Waals surface area contributed by atoms with Crippen LogP contribution in [0, 0.1) is 0 Å². The van der Waals surface area contributed by atoms with Gasteiger partial charge in [-0.3, -0.25) is 0 Å². The van der Waals surface area contributed by atoms with Crippen molar-refractivity contribution in [1.82, 2.24) is 5.65 Å². The number of nitrogens with one attached hydrogen (secondary N) is 1. The van der Waals surface area contributed by atoms with Gasteiger partial charge in [0.15, 0.2) is 0 Å². The van der Waals surface area contributed by atoms with Crippen LogP contribution in [0.2, 0.25) is 0 Å². The molecule has 0 saturated heterocycles. The SMILES string of the molecule is FN[N]=[Pt]. The van der Waals surface area contributed by atoms with Gasteiger partial charge in [0.2, 0.25) is 0 Å². The van der Waals surface area contributed by atoms with Crippen LogP contribution in [0.4, 0.5) is 4.48 Å². The van der Waals surface area contributed by atoms with E-state index in [2.05, 4.69) is 3.60 Å². The molecule has 4 heteroatoms. The Labute approximate surface area is 34.1 Å². The van der Waals surface area contributed by atoms with Gasteiger partial charge in [0.05, 0.1) is 0 Å². The molecule has 0 aliphatic rings. The van der Waals surface area contributed by atoms with E-state index in [0.717, 1.165) is 5.65 Å². The van der Waals surface area contributed by atoms with E-state index in [1.807, 2.05) is 0 Å². The summed E-state index contributed by atoms with van der Waals surface area (Å²) in [7, 11) is 0. The second-order valence-electron chi connectivity index (χ2n) is 0.155. The van der Waals surface area contributed by atoms with Crippen LogP contribution in [0.3, 0.4) is 0 Å². The molecule has 0 aromatic carbocycles. The van der Waals surface area contributed by atoms with Crippen LogP contribution >= 0.6 is 0 Å². The molecule has 28 valence electrons. The summed E-state index contributed by atoms with van der Waals surface area (Å²) in [5.41, 5.74) is 1.04. The van der Waals surface area contributed by atoms with Crippen molar-refractivity contribution in [2.45, 2.75) is 0 Å². The summed E-state index contributed by atoms with van der Waals surface area (Å²) in [5.74, 6) is 0. The molecule has 0 aliphatic carbocycles. The molecule has 0 amide bonds. The van der Waals surface area contributed by atoms with E-state index in [-0.39, 0.29) is 0 Å². The van der Waals surface area contributed by atoms with Crippen LogP contribution in [0.25, 0.3) is 0 Å². The molecule has 0 saturated carbocycles. The number of hydrogen-bond acceptors (Lipinski definition) is 2. The van der Waals surface area contributed by atoms with Crippen LogP contribution < -0.4 is 5.65 Å². The molecule has 0 heterocycles. The molecule has 0 rings (SSSR count). The van der Waals surface area contributed by atoms with Crippen LogP contribution in [-0.2, 0) is 19.6 Å². The predicted octanol–water partition coefficient (Wildman–Crippen LogP) is 0.106. The number of rotatable bonds is 1. The number of hydrogen-bond donors (Lipinski definition) is 1. The Hall–Kier alpha value is 0.378. The fourth-order valence-corrected chi connectivity index (χ4v) is 0. The zero-order valence-corrected chi connectivity index (χ0v) is 3.91. The average Bonchev–Trinajstić information content (AvgIpc) is 1.37. The molecule has 0 aliphatic heterocycles. The van der Waals surface area contributed by atoms with Gasteiger partial charge in [0, 0.05) is 0 Å². The Bertz CT molecular complexity index is 20.0. The second kappa shape index (κ2) is 3.38. The fraction of sp³-hybridized carbons (Fsp3) is 0. The molecule has 0 fully saturated rings. The first-order valence-electron chi connectivity index (χ1n) is 0.554. The standard InChI is InChI=1S/FHN2.Pt/c1-3-2;/h3H;. The van der Waals surface area contributed by atoms with Crippen molar-refractivity contribution >= 4 is 0 Å². The Balaban J connectivity index is 2.30. The fourth-order valence-electron chi connectivity index (χ4n) is 0. The summed E-state index contributed by atoms with van der Waals surface area (Å²) >= 11 is 1.48. The molecular weight excluding hydrogens is 242 g/mol. The van der Waals surface area contributed by atoms with Crippen LogP contribution in [-0.4, -0.2) is 0 Å². The van der Waals surface area contributed by atoms with Crippen molar-refractivity contribution in [3.05, 3.63) is 0 Å². The summed E-state index contributed by atoms with van der Waals surface area (Å²) in [4.78, 5) is 0. The Morgan fingerprint density at radius 1 is 2.00 bits per heavy atom. The topological polar surface area (TPSA) is 24.4 Å². The van der Waals surface area contributed by atoms with E-state index in [1.54, 1.807) is 0 Å². The summed E-state index contributed by atoms with van der Waals surface area (Å²) in [6, 6.07) is 0. The first kappa shape index (κ1) is 4.38. The van der Waals surface area contributed by atoms with E-state index in [0.29, 0.717) is 0 Å². The van der Waals surface area contributed by atoms with Gasteiger partial charge in [-0.05, 0) is 0 Å². The molecule has 0 spiro atoms. The Morgan fingerprint density at radius 2 is 2.25 bits per heavy atom. The minimum atomic E-state index is 1.04. The van der Waals surface area contributed by atoms with Crippen molar-refractivity contribution in [3.8, 4) is 0 Å². The van der Waals surface area contributed by atoms with Crippen molar-refractivity contribution in [2.24, 2.45) is 3.60 Å². The zero-order valence-electron chi connectivity index (χ0n) is 1.64. The van der Waals surface area contributed by atoms with Crippen molar-refractivity contribution < 1.29 is 24.1 Å². The second-order valence-corrected chi connectivity index (χ2v) is 0.663. The molecular formula is HFN2Pt. The molecule has 0 bridgehead atoms. The summed E-state index contributed by atoms with van der Waals surface area (Å²) in [6.45, 7) is 0. The van der Waals surface area contributed by atoms with Gasteiger partial charge in [-0.1, -0.05) is 0 Å². The summed E-state index contributed by atoms with van der Waals surface area (Å²) in [5, 5.41) is 0. The monoisotopic (exact) mass is 243 g/mol. The molecule has 2 nitrogen and oxygen atoms in total. The number of halogens is 1. The first-order valence-corrected chi connectivity index (χ1v) is 1.57. The molecule has 0 atom stereocenters. The van der Waals surface area contributed by atoms with E-state index in [1.165, 1.54) is 19.6 Å². The Morgan fingerprint density at radius 3 is 2.25 bits per heavy atom. The minimum absolute atomic E-state index is 1.04. The van der Waals surface area contributed by atoms with E-state index in [4.69, 9.17) is 0 Å². The normalized spacial score (nSPS) is 6.75. The van der Waals surface area contributed by atoms with Gasteiger partial charge in [0.25, 0.3) is 0 Å². The third-order valence-corrected chi connectivity index (χ3v) is 0.219. The zero-order chi connectivity index (χ0) is 3.41.